The molecule has 0 saturated heterocycles. The van der Waals surface area contributed by atoms with Gasteiger partial charge in [-0.3, -0.25) is 0 Å². The lowest BCUT2D eigenvalue weighted by molar-refractivity contribution is 0.0601. The molecule has 1 heterocycles. The van der Waals surface area contributed by atoms with E-state index >= 15 is 0 Å². The summed E-state index contributed by atoms with van der Waals surface area (Å²) in [5.41, 5.74) is 8.45. The second kappa shape index (κ2) is 5.81. The van der Waals surface area contributed by atoms with Gasteiger partial charge in [0, 0.05) is 24.5 Å². The number of hydrogen-bond acceptors (Lipinski definition) is 6. The van der Waals surface area contributed by atoms with Crippen LogP contribution in [0.5, 0.6) is 0 Å². The molecule has 0 aliphatic carbocycles. The molecule has 0 aliphatic heterocycles. The van der Waals surface area contributed by atoms with Crippen LogP contribution >= 0.6 is 0 Å². The first-order valence-corrected chi connectivity index (χ1v) is 5.66. The molecule has 1 aromatic carbocycles. The molecular weight excluding hydrogens is 244 g/mol. The van der Waals surface area contributed by atoms with Gasteiger partial charge >= 0.3 is 5.97 Å². The van der Waals surface area contributed by atoms with Crippen molar-refractivity contribution in [1.82, 2.24) is 9.97 Å². The summed E-state index contributed by atoms with van der Waals surface area (Å²) in [6.45, 7) is 0.523. The number of hydrogen-bond donors (Lipinski definition) is 2. The molecule has 6 nitrogen and oxygen atoms in total. The average molecular weight is 258 g/mol. The van der Waals surface area contributed by atoms with Gasteiger partial charge in [-0.05, 0) is 18.2 Å². The lowest BCUT2D eigenvalue weighted by Gasteiger charge is -2.10. The highest BCUT2D eigenvalue weighted by Gasteiger charge is 2.08. The molecule has 0 spiro atoms. The van der Waals surface area contributed by atoms with Gasteiger partial charge < -0.3 is 15.8 Å². The first-order valence-electron chi connectivity index (χ1n) is 5.66. The number of anilines is 2. The number of nitrogen functional groups attached to an aromatic ring is 1. The van der Waals surface area contributed by atoms with Gasteiger partial charge in [-0.15, -0.1) is 0 Å². The molecule has 0 atom stereocenters. The van der Waals surface area contributed by atoms with Crippen LogP contribution in [0.2, 0.25) is 0 Å². The van der Waals surface area contributed by atoms with Crippen molar-refractivity contribution in [1.29, 1.82) is 0 Å². The second-order valence-corrected chi connectivity index (χ2v) is 3.89. The molecule has 3 N–H and O–H groups in total. The minimum Gasteiger partial charge on any atom is -0.465 e. The normalized spacial score (nSPS) is 9.95. The Morgan fingerprint density at radius 3 is 2.79 bits per heavy atom. The van der Waals surface area contributed by atoms with Crippen molar-refractivity contribution in [2.45, 2.75) is 6.54 Å². The number of ether oxygens (including phenoxy) is 1. The molecule has 0 saturated carbocycles. The van der Waals surface area contributed by atoms with Crippen molar-refractivity contribution in [3.63, 3.8) is 0 Å². The highest BCUT2D eigenvalue weighted by atomic mass is 16.5. The lowest BCUT2D eigenvalue weighted by atomic mass is 10.1. The van der Waals surface area contributed by atoms with Gasteiger partial charge in [-0.25, -0.2) is 14.8 Å². The third kappa shape index (κ3) is 3.19. The molecule has 0 unspecified atom stereocenters. The summed E-state index contributed by atoms with van der Waals surface area (Å²) in [7, 11) is 1.34. The Bertz CT molecular complexity index is 572. The Labute approximate surface area is 110 Å². The molecule has 0 bridgehead atoms. The number of rotatable bonds is 4. The summed E-state index contributed by atoms with van der Waals surface area (Å²) in [6.07, 6.45) is 4.89. The van der Waals surface area contributed by atoms with Crippen molar-refractivity contribution >= 4 is 17.3 Å². The van der Waals surface area contributed by atoms with Crippen LogP contribution in [-0.2, 0) is 11.3 Å². The summed E-state index contributed by atoms with van der Waals surface area (Å²) < 4.78 is 4.67. The molecule has 98 valence electrons. The maximum Gasteiger partial charge on any atom is 0.337 e. The van der Waals surface area contributed by atoms with Crippen LogP contribution in [-0.4, -0.2) is 23.0 Å². The van der Waals surface area contributed by atoms with Crippen molar-refractivity contribution in [2.75, 3.05) is 18.2 Å². The average Bonchev–Trinajstić information content (AvgIpc) is 2.46. The summed E-state index contributed by atoms with van der Waals surface area (Å²) in [4.78, 5) is 19.3. The Balaban J connectivity index is 2.13. The number of nitrogens with one attached hydrogen (secondary N) is 1. The highest BCUT2D eigenvalue weighted by Crippen LogP contribution is 2.21. The fraction of sp³-hybridized carbons (Fsp3) is 0.154. The van der Waals surface area contributed by atoms with E-state index in [4.69, 9.17) is 5.73 Å². The predicted molar refractivity (Wildman–Crippen MR) is 71.6 cm³/mol. The second-order valence-electron chi connectivity index (χ2n) is 3.89. The first-order chi connectivity index (χ1) is 9.20. The van der Waals surface area contributed by atoms with E-state index in [1.54, 1.807) is 30.6 Å². The van der Waals surface area contributed by atoms with E-state index in [-0.39, 0.29) is 0 Å². The van der Waals surface area contributed by atoms with Gasteiger partial charge in [0.15, 0.2) is 0 Å². The maximum absolute atomic E-state index is 11.4. The van der Waals surface area contributed by atoms with Gasteiger partial charge in [0.05, 0.1) is 24.0 Å². The van der Waals surface area contributed by atoms with Crippen LogP contribution in [0.3, 0.4) is 0 Å². The van der Waals surface area contributed by atoms with Gasteiger partial charge in [0.1, 0.15) is 6.33 Å². The first kappa shape index (κ1) is 12.8. The smallest absolute Gasteiger partial charge is 0.337 e. The third-order valence-corrected chi connectivity index (χ3v) is 2.57. The molecule has 2 rings (SSSR count). The molecule has 19 heavy (non-hydrogen) atoms. The molecule has 1 aromatic heterocycles. The fourth-order valence-electron chi connectivity index (χ4n) is 1.57. The Morgan fingerprint density at radius 1 is 1.37 bits per heavy atom. The van der Waals surface area contributed by atoms with Gasteiger partial charge in [0.25, 0.3) is 0 Å². The van der Waals surface area contributed by atoms with Crippen LogP contribution in [0.25, 0.3) is 0 Å². The van der Waals surface area contributed by atoms with Crippen LogP contribution in [0.1, 0.15) is 15.9 Å². The zero-order valence-corrected chi connectivity index (χ0v) is 10.5. The zero-order chi connectivity index (χ0) is 13.7. The molecule has 0 radical (unpaired) electrons. The number of nitrogens with zero attached hydrogens (tertiary/aromatic N) is 2. The van der Waals surface area contributed by atoms with E-state index in [9.17, 15) is 4.79 Å². The van der Waals surface area contributed by atoms with Crippen LogP contribution < -0.4 is 11.1 Å². The van der Waals surface area contributed by atoms with Gasteiger partial charge in [-0.1, -0.05) is 0 Å². The van der Waals surface area contributed by atoms with E-state index in [2.05, 4.69) is 20.0 Å². The standard InChI is InChI=1S/C13H14N4O2/c1-19-13(18)10-2-3-11(14)12(4-10)17-7-9-5-15-8-16-6-9/h2-6,8,17H,7,14H2,1H3. The van der Waals surface area contributed by atoms with Gasteiger partial charge in [-0.2, -0.15) is 0 Å². The number of aromatic nitrogens is 2. The molecule has 6 heteroatoms. The van der Waals surface area contributed by atoms with Crippen molar-refractivity contribution in [3.8, 4) is 0 Å². The van der Waals surface area contributed by atoms with Crippen molar-refractivity contribution in [3.05, 3.63) is 48.0 Å². The molecule has 0 aliphatic rings. The number of carbonyl (C=O) groups excluding carboxylic acids is 1. The number of methoxy groups -OCH3 is 1. The van der Waals surface area contributed by atoms with Crippen molar-refractivity contribution in [2.24, 2.45) is 0 Å². The Morgan fingerprint density at radius 2 is 2.11 bits per heavy atom. The largest absolute Gasteiger partial charge is 0.465 e. The van der Waals surface area contributed by atoms with Gasteiger partial charge in [0.2, 0.25) is 0 Å². The zero-order valence-electron chi connectivity index (χ0n) is 10.5. The summed E-state index contributed by atoms with van der Waals surface area (Å²) in [5.74, 6) is -0.397. The topological polar surface area (TPSA) is 90.1 Å². The molecule has 2 aromatic rings. The van der Waals surface area contributed by atoms with E-state index in [1.165, 1.54) is 13.4 Å². The molecule has 0 fully saturated rings. The van der Waals surface area contributed by atoms with Crippen molar-refractivity contribution < 1.29 is 9.53 Å². The number of esters is 1. The minimum absolute atomic E-state index is 0.397. The Hall–Kier alpha value is -2.63. The van der Waals surface area contributed by atoms with Crippen LogP contribution in [0.4, 0.5) is 11.4 Å². The van der Waals surface area contributed by atoms with E-state index < -0.39 is 5.97 Å². The predicted octanol–water partition coefficient (Wildman–Crippen LogP) is 1.46. The summed E-state index contributed by atoms with van der Waals surface area (Å²) in [5, 5.41) is 3.14. The lowest BCUT2D eigenvalue weighted by Crippen LogP contribution is -2.06. The summed E-state index contributed by atoms with van der Waals surface area (Å²) >= 11 is 0. The van der Waals surface area contributed by atoms with E-state index in [0.717, 1.165) is 5.56 Å². The SMILES string of the molecule is COC(=O)c1ccc(N)c(NCc2cncnc2)c1. The monoisotopic (exact) mass is 258 g/mol. The highest BCUT2D eigenvalue weighted by molar-refractivity contribution is 5.91. The molecule has 0 amide bonds. The number of benzene rings is 1. The molecular formula is C13H14N4O2. The van der Waals surface area contributed by atoms with Crippen LogP contribution in [0, 0.1) is 0 Å². The fourth-order valence-corrected chi connectivity index (χ4v) is 1.57. The van der Waals surface area contributed by atoms with Crippen LogP contribution in [0.15, 0.2) is 36.9 Å². The number of carbonyl (C=O) groups is 1. The number of nitrogens with two attached hydrogens (primary N) is 1. The quantitative estimate of drug-likeness (QED) is 0.637. The van der Waals surface area contributed by atoms with E-state index in [1.807, 2.05) is 0 Å². The third-order valence-electron chi connectivity index (χ3n) is 2.57. The van der Waals surface area contributed by atoms with E-state index in [0.29, 0.717) is 23.5 Å². The minimum atomic E-state index is -0.397. The Kier molecular flexibility index (Phi) is 3.92. The summed E-state index contributed by atoms with van der Waals surface area (Å²) in [6, 6.07) is 4.94. The maximum atomic E-state index is 11.4.